The van der Waals surface area contributed by atoms with E-state index in [-0.39, 0.29) is 11.6 Å². The van der Waals surface area contributed by atoms with E-state index in [4.69, 9.17) is 10.5 Å². The van der Waals surface area contributed by atoms with E-state index in [1.807, 2.05) is 12.4 Å². The Balaban J connectivity index is 2.22. The molecule has 0 aliphatic carbocycles. The van der Waals surface area contributed by atoms with Crippen LogP contribution in [0.15, 0.2) is 12.4 Å². The number of nitrogens with two attached hydrogens (primary N) is 1. The highest BCUT2D eigenvalue weighted by Gasteiger charge is 2.39. The first-order chi connectivity index (χ1) is 9.63. The second-order valence-electron chi connectivity index (χ2n) is 5.77. The van der Waals surface area contributed by atoms with Crippen LogP contribution in [-0.2, 0) is 11.3 Å². The largest absolute Gasteiger partial charge is 0.379 e. The fourth-order valence-electron chi connectivity index (χ4n) is 3.02. The van der Waals surface area contributed by atoms with E-state index in [0.29, 0.717) is 0 Å². The molecule has 2 heterocycles. The van der Waals surface area contributed by atoms with E-state index < -0.39 is 0 Å². The van der Waals surface area contributed by atoms with Crippen LogP contribution in [0.3, 0.4) is 0 Å². The third-order valence-corrected chi connectivity index (χ3v) is 4.61. The lowest BCUT2D eigenvalue weighted by Gasteiger charge is -2.46. The number of aromatic nitrogens is 2. The first-order valence-corrected chi connectivity index (χ1v) is 7.73. The van der Waals surface area contributed by atoms with Gasteiger partial charge in [-0.3, -0.25) is 4.90 Å². The summed E-state index contributed by atoms with van der Waals surface area (Å²) < 4.78 is 7.66. The maximum absolute atomic E-state index is 6.62. The van der Waals surface area contributed by atoms with Crippen LogP contribution in [0.4, 0.5) is 0 Å². The van der Waals surface area contributed by atoms with Crippen molar-refractivity contribution in [3.05, 3.63) is 18.2 Å². The molecule has 1 aliphatic rings. The summed E-state index contributed by atoms with van der Waals surface area (Å²) in [6, 6.07) is -0.0767. The van der Waals surface area contributed by atoms with Crippen LogP contribution < -0.4 is 5.73 Å². The molecule has 1 aliphatic heterocycles. The van der Waals surface area contributed by atoms with Crippen LogP contribution in [-0.4, -0.2) is 46.3 Å². The number of hydrogen-bond donors (Lipinski definition) is 1. The fourth-order valence-corrected chi connectivity index (χ4v) is 3.02. The highest BCUT2D eigenvalue weighted by Crippen LogP contribution is 2.32. The molecule has 114 valence electrons. The van der Waals surface area contributed by atoms with Gasteiger partial charge < -0.3 is 15.0 Å². The zero-order valence-electron chi connectivity index (χ0n) is 13.0. The predicted molar refractivity (Wildman–Crippen MR) is 80.5 cm³/mol. The van der Waals surface area contributed by atoms with Crippen molar-refractivity contribution in [3.63, 3.8) is 0 Å². The van der Waals surface area contributed by atoms with Gasteiger partial charge in [0.25, 0.3) is 0 Å². The lowest BCUT2D eigenvalue weighted by atomic mass is 9.86. The minimum absolute atomic E-state index is 0.0688. The van der Waals surface area contributed by atoms with Crippen LogP contribution in [0.25, 0.3) is 0 Å². The molecule has 1 saturated heterocycles. The molecule has 0 spiro atoms. The number of aryl methyl sites for hydroxylation is 1. The van der Waals surface area contributed by atoms with Crippen molar-refractivity contribution in [2.24, 2.45) is 5.73 Å². The maximum Gasteiger partial charge on any atom is 0.127 e. The number of imidazole rings is 1. The molecule has 0 saturated carbocycles. The number of ether oxygens (including phenoxy) is 1. The minimum atomic E-state index is -0.0767. The highest BCUT2D eigenvalue weighted by atomic mass is 16.5. The molecule has 0 aromatic carbocycles. The van der Waals surface area contributed by atoms with Crippen molar-refractivity contribution < 1.29 is 4.74 Å². The van der Waals surface area contributed by atoms with Crippen molar-refractivity contribution in [3.8, 4) is 0 Å². The molecule has 5 nitrogen and oxygen atoms in total. The summed E-state index contributed by atoms with van der Waals surface area (Å²) in [5.74, 6) is 1.00. The van der Waals surface area contributed by atoms with E-state index >= 15 is 0 Å². The van der Waals surface area contributed by atoms with Crippen LogP contribution in [0.5, 0.6) is 0 Å². The molecule has 0 bridgehead atoms. The molecular formula is C15H28N4O. The van der Waals surface area contributed by atoms with Gasteiger partial charge in [-0.05, 0) is 19.8 Å². The van der Waals surface area contributed by atoms with E-state index in [2.05, 4.69) is 35.2 Å². The van der Waals surface area contributed by atoms with Crippen molar-refractivity contribution >= 4 is 0 Å². The smallest absolute Gasteiger partial charge is 0.127 e. The van der Waals surface area contributed by atoms with Crippen LogP contribution >= 0.6 is 0 Å². The lowest BCUT2D eigenvalue weighted by Crippen LogP contribution is -2.57. The zero-order valence-corrected chi connectivity index (χ0v) is 13.0. The summed E-state index contributed by atoms with van der Waals surface area (Å²) in [6.45, 7) is 11.1. The van der Waals surface area contributed by atoms with Crippen molar-refractivity contribution in [2.75, 3.05) is 26.3 Å². The van der Waals surface area contributed by atoms with E-state index in [1.165, 1.54) is 0 Å². The molecule has 20 heavy (non-hydrogen) atoms. The summed E-state index contributed by atoms with van der Waals surface area (Å²) in [5, 5.41) is 0. The molecule has 1 aromatic heterocycles. The molecule has 2 N–H and O–H groups in total. The third-order valence-electron chi connectivity index (χ3n) is 4.61. The number of rotatable bonds is 6. The van der Waals surface area contributed by atoms with Crippen molar-refractivity contribution in [2.45, 2.75) is 51.7 Å². The average Bonchev–Trinajstić information content (AvgIpc) is 2.95. The fraction of sp³-hybridized carbons (Fsp3) is 0.800. The van der Waals surface area contributed by atoms with E-state index in [1.54, 1.807) is 0 Å². The summed E-state index contributed by atoms with van der Waals surface area (Å²) in [6.07, 6.45) is 6.00. The Morgan fingerprint density at radius 2 is 2.10 bits per heavy atom. The van der Waals surface area contributed by atoms with Crippen molar-refractivity contribution in [1.82, 2.24) is 14.5 Å². The third kappa shape index (κ3) is 2.90. The van der Waals surface area contributed by atoms with Gasteiger partial charge in [-0.25, -0.2) is 4.98 Å². The summed E-state index contributed by atoms with van der Waals surface area (Å²) in [5.41, 5.74) is 6.56. The molecule has 1 fully saturated rings. The first kappa shape index (κ1) is 15.5. The predicted octanol–water partition coefficient (Wildman–Crippen LogP) is 1.79. The Bertz CT molecular complexity index is 414. The van der Waals surface area contributed by atoms with Crippen LogP contribution in [0.2, 0.25) is 0 Å². The topological polar surface area (TPSA) is 56.3 Å². The SMILES string of the molecule is CCCn1ccnc1C(N)C(C)(CC)N1CCOCC1. The summed E-state index contributed by atoms with van der Waals surface area (Å²) in [4.78, 5) is 6.99. The standard InChI is InChI=1S/C15H28N4O/c1-4-7-18-8-6-17-14(18)13(16)15(3,5-2)19-9-11-20-12-10-19/h6,8,13H,4-5,7,9-12,16H2,1-3H3. The second kappa shape index (κ2) is 6.70. The highest BCUT2D eigenvalue weighted by molar-refractivity contribution is 5.09. The van der Waals surface area contributed by atoms with Gasteiger partial charge in [-0.2, -0.15) is 0 Å². The Morgan fingerprint density at radius 3 is 2.70 bits per heavy atom. The quantitative estimate of drug-likeness (QED) is 0.863. The monoisotopic (exact) mass is 280 g/mol. The minimum Gasteiger partial charge on any atom is -0.379 e. The van der Waals surface area contributed by atoms with Gasteiger partial charge in [0.1, 0.15) is 5.82 Å². The van der Waals surface area contributed by atoms with Gasteiger partial charge in [-0.1, -0.05) is 13.8 Å². The number of hydrogen-bond acceptors (Lipinski definition) is 4. The van der Waals surface area contributed by atoms with Gasteiger partial charge in [-0.15, -0.1) is 0 Å². The first-order valence-electron chi connectivity index (χ1n) is 7.73. The maximum atomic E-state index is 6.62. The molecule has 2 rings (SSSR count). The molecular weight excluding hydrogens is 252 g/mol. The summed E-state index contributed by atoms with van der Waals surface area (Å²) >= 11 is 0. The zero-order chi connectivity index (χ0) is 14.6. The Hall–Kier alpha value is -0.910. The normalized spacial score (nSPS) is 21.6. The van der Waals surface area contributed by atoms with Gasteiger partial charge >= 0.3 is 0 Å². The Kier molecular flexibility index (Phi) is 5.18. The van der Waals surface area contributed by atoms with E-state index in [0.717, 1.165) is 51.5 Å². The molecule has 0 amide bonds. The van der Waals surface area contributed by atoms with Crippen LogP contribution in [0.1, 0.15) is 45.5 Å². The number of nitrogens with zero attached hydrogens (tertiary/aromatic N) is 3. The lowest BCUT2D eigenvalue weighted by molar-refractivity contribution is -0.0291. The molecule has 2 atom stereocenters. The molecule has 5 heteroatoms. The molecule has 0 radical (unpaired) electrons. The van der Waals surface area contributed by atoms with Gasteiger partial charge in [0.05, 0.1) is 19.3 Å². The van der Waals surface area contributed by atoms with Gasteiger partial charge in [0.2, 0.25) is 0 Å². The van der Waals surface area contributed by atoms with E-state index in [9.17, 15) is 0 Å². The molecule has 2 unspecified atom stereocenters. The Morgan fingerprint density at radius 1 is 1.40 bits per heavy atom. The van der Waals surface area contributed by atoms with Crippen LogP contribution in [0, 0.1) is 0 Å². The number of morpholine rings is 1. The molecule has 1 aromatic rings. The second-order valence-corrected chi connectivity index (χ2v) is 5.77. The summed E-state index contributed by atoms with van der Waals surface area (Å²) in [7, 11) is 0. The van der Waals surface area contributed by atoms with Gasteiger partial charge in [0.15, 0.2) is 0 Å². The van der Waals surface area contributed by atoms with Crippen molar-refractivity contribution in [1.29, 1.82) is 0 Å². The Labute approximate surface area is 122 Å². The van der Waals surface area contributed by atoms with Gasteiger partial charge in [0, 0.05) is 37.6 Å². The average molecular weight is 280 g/mol.